The van der Waals surface area contributed by atoms with E-state index in [0.29, 0.717) is 6.10 Å². The Labute approximate surface area is 127 Å². The number of benzene rings is 1. The molecule has 1 fully saturated rings. The molecule has 18 heavy (non-hydrogen) atoms. The fraction of sp³-hybridized carbons (Fsp3) is 0.600. The van der Waals surface area contributed by atoms with Crippen molar-refractivity contribution in [3.8, 4) is 5.75 Å². The normalized spacial score (nSPS) is 23.9. The fourth-order valence-corrected chi connectivity index (χ4v) is 3.80. The number of alkyl halides is 1. The van der Waals surface area contributed by atoms with Crippen LogP contribution in [0.4, 0.5) is 0 Å². The van der Waals surface area contributed by atoms with Gasteiger partial charge < -0.3 is 4.74 Å². The third-order valence-corrected chi connectivity index (χ3v) is 5.21. The molecule has 0 bridgehead atoms. The van der Waals surface area contributed by atoms with Crippen molar-refractivity contribution >= 4 is 31.9 Å². The lowest BCUT2D eigenvalue weighted by molar-refractivity contribution is 0.130. The zero-order valence-corrected chi connectivity index (χ0v) is 14.0. The second-order valence-corrected chi connectivity index (χ2v) is 6.47. The van der Waals surface area contributed by atoms with Crippen LogP contribution in [0.1, 0.15) is 44.6 Å². The molecule has 1 nitrogen and oxygen atoms in total. The van der Waals surface area contributed by atoms with E-state index in [1.54, 1.807) is 0 Å². The largest absolute Gasteiger partial charge is 0.490 e. The quantitative estimate of drug-likeness (QED) is 0.614. The van der Waals surface area contributed by atoms with E-state index in [0.717, 1.165) is 21.5 Å². The molecule has 1 saturated carbocycles. The van der Waals surface area contributed by atoms with Crippen LogP contribution in [0.25, 0.3) is 0 Å². The van der Waals surface area contributed by atoms with Gasteiger partial charge in [0.05, 0.1) is 6.10 Å². The second-order valence-electron chi connectivity index (χ2n) is 5.06. The van der Waals surface area contributed by atoms with E-state index >= 15 is 0 Å². The fourth-order valence-electron chi connectivity index (χ4n) is 2.58. The predicted molar refractivity (Wildman–Crippen MR) is 83.4 cm³/mol. The summed E-state index contributed by atoms with van der Waals surface area (Å²) >= 11 is 7.05. The lowest BCUT2D eigenvalue weighted by atomic mass is 9.86. The standard InChI is InChI=1S/C15H20Br2O/c1-2-11-3-5-13(6-4-11)18-14-7-8-15(17)12(9-14)10-16/h7-9,11,13H,2-6,10H2,1H3. The second kappa shape index (κ2) is 6.95. The van der Waals surface area contributed by atoms with Gasteiger partial charge in [-0.15, -0.1) is 0 Å². The van der Waals surface area contributed by atoms with Crippen LogP contribution in [0, 0.1) is 5.92 Å². The van der Waals surface area contributed by atoms with E-state index in [4.69, 9.17) is 4.74 Å². The van der Waals surface area contributed by atoms with Gasteiger partial charge >= 0.3 is 0 Å². The number of halogens is 2. The Morgan fingerprint density at radius 1 is 1.22 bits per heavy atom. The van der Waals surface area contributed by atoms with Gasteiger partial charge in [0.15, 0.2) is 0 Å². The molecule has 0 heterocycles. The minimum Gasteiger partial charge on any atom is -0.490 e. The molecule has 0 atom stereocenters. The number of hydrogen-bond donors (Lipinski definition) is 0. The monoisotopic (exact) mass is 374 g/mol. The summed E-state index contributed by atoms with van der Waals surface area (Å²) in [7, 11) is 0. The van der Waals surface area contributed by atoms with Crippen LogP contribution in [0.15, 0.2) is 22.7 Å². The summed E-state index contributed by atoms with van der Waals surface area (Å²) in [5, 5.41) is 0.855. The maximum Gasteiger partial charge on any atom is 0.120 e. The van der Waals surface area contributed by atoms with Gasteiger partial charge in [0.25, 0.3) is 0 Å². The average Bonchev–Trinajstić information content (AvgIpc) is 2.42. The molecule has 0 spiro atoms. The van der Waals surface area contributed by atoms with Crippen LogP contribution in [-0.4, -0.2) is 6.10 Å². The van der Waals surface area contributed by atoms with Crippen molar-refractivity contribution in [3.05, 3.63) is 28.2 Å². The zero-order valence-electron chi connectivity index (χ0n) is 10.8. The maximum absolute atomic E-state index is 6.10. The van der Waals surface area contributed by atoms with Gasteiger partial charge in [0.1, 0.15) is 5.75 Å². The molecule has 2 rings (SSSR count). The van der Waals surface area contributed by atoms with Crippen LogP contribution >= 0.6 is 31.9 Å². The Hall–Kier alpha value is -0.0200. The Balaban J connectivity index is 1.94. The van der Waals surface area contributed by atoms with E-state index in [1.165, 1.54) is 37.7 Å². The van der Waals surface area contributed by atoms with Crippen LogP contribution in [-0.2, 0) is 5.33 Å². The Morgan fingerprint density at radius 3 is 2.56 bits per heavy atom. The highest BCUT2D eigenvalue weighted by atomic mass is 79.9. The molecule has 0 amide bonds. The number of ether oxygens (including phenoxy) is 1. The van der Waals surface area contributed by atoms with Gasteiger partial charge in [-0.2, -0.15) is 0 Å². The first-order valence-corrected chi connectivity index (χ1v) is 8.65. The van der Waals surface area contributed by atoms with E-state index < -0.39 is 0 Å². The summed E-state index contributed by atoms with van der Waals surface area (Å²) in [6.45, 7) is 2.29. The number of rotatable bonds is 4. The maximum atomic E-state index is 6.10. The first-order chi connectivity index (χ1) is 8.72. The van der Waals surface area contributed by atoms with Crippen molar-refractivity contribution in [1.29, 1.82) is 0 Å². The van der Waals surface area contributed by atoms with Crippen LogP contribution in [0.3, 0.4) is 0 Å². The van der Waals surface area contributed by atoms with E-state index in [9.17, 15) is 0 Å². The van der Waals surface area contributed by atoms with Gasteiger partial charge in [0, 0.05) is 9.80 Å². The Kier molecular flexibility index (Phi) is 5.56. The Bertz CT molecular complexity index is 384. The van der Waals surface area contributed by atoms with E-state index in [1.807, 2.05) is 0 Å². The smallest absolute Gasteiger partial charge is 0.120 e. The summed E-state index contributed by atoms with van der Waals surface area (Å²) in [6, 6.07) is 6.26. The van der Waals surface area contributed by atoms with Crippen molar-refractivity contribution in [1.82, 2.24) is 0 Å². The molecular weight excluding hydrogens is 356 g/mol. The van der Waals surface area contributed by atoms with Gasteiger partial charge in [-0.3, -0.25) is 0 Å². The SMILES string of the molecule is CCC1CCC(Oc2ccc(Br)c(CBr)c2)CC1. The number of hydrogen-bond acceptors (Lipinski definition) is 1. The molecule has 1 aliphatic rings. The molecule has 0 aliphatic heterocycles. The first-order valence-electron chi connectivity index (χ1n) is 6.74. The third-order valence-electron chi connectivity index (χ3n) is 3.84. The molecule has 0 saturated heterocycles. The summed E-state index contributed by atoms with van der Waals surface area (Å²) in [5.74, 6) is 1.93. The average molecular weight is 376 g/mol. The van der Waals surface area contributed by atoms with Gasteiger partial charge in [0.2, 0.25) is 0 Å². The molecular formula is C15H20Br2O. The van der Waals surface area contributed by atoms with Gasteiger partial charge in [-0.1, -0.05) is 45.2 Å². The molecule has 100 valence electrons. The highest BCUT2D eigenvalue weighted by Crippen LogP contribution is 2.31. The van der Waals surface area contributed by atoms with Crippen molar-refractivity contribution in [3.63, 3.8) is 0 Å². The van der Waals surface area contributed by atoms with Crippen LogP contribution < -0.4 is 4.74 Å². The lowest BCUT2D eigenvalue weighted by Gasteiger charge is -2.28. The molecule has 0 aromatic heterocycles. The molecule has 1 aromatic carbocycles. The third kappa shape index (κ3) is 3.74. The first kappa shape index (κ1) is 14.4. The van der Waals surface area contributed by atoms with Crippen molar-refractivity contribution < 1.29 is 4.74 Å². The summed E-state index contributed by atoms with van der Waals surface area (Å²) in [5.41, 5.74) is 1.25. The van der Waals surface area contributed by atoms with E-state index in [2.05, 4.69) is 57.0 Å². The van der Waals surface area contributed by atoms with Gasteiger partial charge in [-0.05, 0) is 55.4 Å². The predicted octanol–water partition coefficient (Wildman–Crippen LogP) is 5.69. The van der Waals surface area contributed by atoms with Crippen LogP contribution in [0.5, 0.6) is 5.75 Å². The molecule has 0 N–H and O–H groups in total. The summed E-state index contributed by atoms with van der Waals surface area (Å²) < 4.78 is 7.24. The summed E-state index contributed by atoms with van der Waals surface area (Å²) in [4.78, 5) is 0. The minimum atomic E-state index is 0.414. The van der Waals surface area contributed by atoms with E-state index in [-0.39, 0.29) is 0 Å². The molecule has 1 aliphatic carbocycles. The van der Waals surface area contributed by atoms with Gasteiger partial charge in [-0.25, -0.2) is 0 Å². The highest BCUT2D eigenvalue weighted by Gasteiger charge is 2.21. The molecule has 0 unspecified atom stereocenters. The molecule has 3 heteroatoms. The van der Waals surface area contributed by atoms with Crippen molar-refractivity contribution in [2.24, 2.45) is 5.92 Å². The molecule has 1 aromatic rings. The van der Waals surface area contributed by atoms with Crippen LogP contribution in [0.2, 0.25) is 0 Å². The topological polar surface area (TPSA) is 9.23 Å². The zero-order chi connectivity index (χ0) is 13.0. The highest BCUT2D eigenvalue weighted by molar-refractivity contribution is 9.10. The van der Waals surface area contributed by atoms with Crippen molar-refractivity contribution in [2.45, 2.75) is 50.5 Å². The molecule has 0 radical (unpaired) electrons. The Morgan fingerprint density at radius 2 is 1.94 bits per heavy atom. The van der Waals surface area contributed by atoms with Crippen molar-refractivity contribution in [2.75, 3.05) is 0 Å². The lowest BCUT2D eigenvalue weighted by Crippen LogP contribution is -2.23. The summed E-state index contributed by atoms with van der Waals surface area (Å²) in [6.07, 6.45) is 6.79. The minimum absolute atomic E-state index is 0.414.